The fourth-order valence-electron chi connectivity index (χ4n) is 3.69. The van der Waals surface area contributed by atoms with E-state index in [1.165, 1.54) is 0 Å². The van der Waals surface area contributed by atoms with Gasteiger partial charge in [0, 0.05) is 24.6 Å². The van der Waals surface area contributed by atoms with E-state index in [4.69, 9.17) is 0 Å². The van der Waals surface area contributed by atoms with Gasteiger partial charge in [0.05, 0.1) is 0 Å². The van der Waals surface area contributed by atoms with Gasteiger partial charge in [-0.3, -0.25) is 14.5 Å². The minimum atomic E-state index is -0.770. The zero-order valence-electron chi connectivity index (χ0n) is 13.0. The molecule has 3 fully saturated rings. The van der Waals surface area contributed by atoms with Crippen molar-refractivity contribution >= 4 is 29.6 Å². The molecule has 1 saturated carbocycles. The van der Waals surface area contributed by atoms with E-state index in [0.29, 0.717) is 19.5 Å². The van der Waals surface area contributed by atoms with Gasteiger partial charge in [-0.25, -0.2) is 4.79 Å². The highest BCUT2D eigenvalue weighted by Crippen LogP contribution is 2.38. The van der Waals surface area contributed by atoms with E-state index in [-0.39, 0.29) is 24.3 Å². The molecule has 0 unspecified atom stereocenters. The molecule has 1 aliphatic carbocycles. The molecule has 22 heavy (non-hydrogen) atoms. The van der Waals surface area contributed by atoms with Crippen LogP contribution in [0, 0.1) is 5.92 Å². The van der Waals surface area contributed by atoms with Crippen LogP contribution in [0.1, 0.15) is 32.6 Å². The number of thioether (sulfide) groups is 1. The van der Waals surface area contributed by atoms with Crippen LogP contribution in [0.3, 0.4) is 0 Å². The van der Waals surface area contributed by atoms with E-state index < -0.39 is 11.6 Å². The summed E-state index contributed by atoms with van der Waals surface area (Å²) >= 11 is 1.82. The lowest BCUT2D eigenvalue weighted by molar-refractivity contribution is -0.140. The molecular formula is C15H23N3O3S. The van der Waals surface area contributed by atoms with Gasteiger partial charge in [0.25, 0.3) is 5.91 Å². The van der Waals surface area contributed by atoms with Gasteiger partial charge in [-0.2, -0.15) is 11.8 Å². The zero-order valence-corrected chi connectivity index (χ0v) is 13.8. The van der Waals surface area contributed by atoms with Gasteiger partial charge in [-0.05, 0) is 18.8 Å². The normalized spacial score (nSPS) is 32.5. The Morgan fingerprint density at radius 2 is 2.05 bits per heavy atom. The molecule has 0 radical (unpaired) electrons. The van der Waals surface area contributed by atoms with Crippen LogP contribution in [-0.4, -0.2) is 64.3 Å². The van der Waals surface area contributed by atoms with Crippen LogP contribution < -0.4 is 5.32 Å². The van der Waals surface area contributed by atoms with Crippen molar-refractivity contribution < 1.29 is 14.4 Å². The highest BCUT2D eigenvalue weighted by Gasteiger charge is 2.55. The van der Waals surface area contributed by atoms with Crippen molar-refractivity contribution in [1.82, 2.24) is 15.1 Å². The van der Waals surface area contributed by atoms with Crippen molar-refractivity contribution in [3.8, 4) is 0 Å². The summed E-state index contributed by atoms with van der Waals surface area (Å²) in [5.74, 6) is 1.65. The maximum atomic E-state index is 12.8. The number of carbonyl (C=O) groups is 3. The molecular weight excluding hydrogens is 302 g/mol. The van der Waals surface area contributed by atoms with Crippen LogP contribution in [0.15, 0.2) is 0 Å². The van der Waals surface area contributed by atoms with E-state index in [2.05, 4.69) is 5.32 Å². The molecule has 3 rings (SSSR count). The molecule has 6 nitrogen and oxygen atoms in total. The first-order valence-corrected chi connectivity index (χ1v) is 9.20. The summed E-state index contributed by atoms with van der Waals surface area (Å²) in [7, 11) is 0. The third kappa shape index (κ3) is 2.59. The Balaban J connectivity index is 1.70. The number of imide groups is 1. The summed E-state index contributed by atoms with van der Waals surface area (Å²) in [6, 6.07) is -0.404. The molecule has 2 saturated heterocycles. The summed E-state index contributed by atoms with van der Waals surface area (Å²) in [5, 5.41) is 2.89. The fraction of sp³-hybridized carbons (Fsp3) is 0.800. The fourth-order valence-corrected chi connectivity index (χ4v) is 4.59. The number of carbonyl (C=O) groups excluding carboxylic acids is 3. The van der Waals surface area contributed by atoms with Crippen LogP contribution in [0.5, 0.6) is 0 Å². The van der Waals surface area contributed by atoms with E-state index in [1.807, 2.05) is 18.7 Å². The molecule has 0 bridgehead atoms. The Bertz CT molecular complexity index is 492. The second-order valence-corrected chi connectivity index (χ2v) is 7.66. The average molecular weight is 325 g/mol. The third-order valence-electron chi connectivity index (χ3n) is 5.16. The smallest absolute Gasteiger partial charge is 0.325 e. The van der Waals surface area contributed by atoms with Crippen LogP contribution >= 0.6 is 11.8 Å². The van der Waals surface area contributed by atoms with Gasteiger partial charge in [0.1, 0.15) is 12.1 Å². The molecule has 1 N–H and O–H groups in total. The number of hydrogen-bond acceptors (Lipinski definition) is 4. The molecule has 0 aromatic rings. The molecule has 2 aliphatic heterocycles. The number of amides is 4. The standard InChI is InChI=1S/C15H23N3O3S/c1-11-4-2-3-5-15(11)13(20)18(14(21)16-15)10-12(19)17-6-8-22-9-7-17/h11H,2-10H2,1H3,(H,16,21)/t11-,15-/m0/s1. The zero-order chi connectivity index (χ0) is 15.7. The molecule has 1 spiro atoms. The largest absolute Gasteiger partial charge is 0.339 e. The summed E-state index contributed by atoms with van der Waals surface area (Å²) in [6.45, 7) is 3.30. The molecule has 7 heteroatoms. The van der Waals surface area contributed by atoms with Crippen LogP contribution in [0.25, 0.3) is 0 Å². The number of nitrogens with zero attached hydrogens (tertiary/aromatic N) is 2. The Morgan fingerprint density at radius 1 is 1.32 bits per heavy atom. The molecule has 3 aliphatic rings. The molecule has 0 aromatic heterocycles. The first-order valence-electron chi connectivity index (χ1n) is 8.04. The molecule has 2 heterocycles. The van der Waals surface area contributed by atoms with Crippen LogP contribution in [0.4, 0.5) is 4.79 Å². The molecule has 122 valence electrons. The van der Waals surface area contributed by atoms with E-state index in [0.717, 1.165) is 35.7 Å². The van der Waals surface area contributed by atoms with Gasteiger partial charge in [-0.1, -0.05) is 19.8 Å². The Morgan fingerprint density at radius 3 is 2.73 bits per heavy atom. The minimum Gasteiger partial charge on any atom is -0.339 e. The van der Waals surface area contributed by atoms with Crippen molar-refractivity contribution in [3.63, 3.8) is 0 Å². The lowest BCUT2D eigenvalue weighted by Crippen LogP contribution is -2.54. The minimum absolute atomic E-state index is 0.121. The number of rotatable bonds is 2. The van der Waals surface area contributed by atoms with Gasteiger partial charge >= 0.3 is 6.03 Å². The summed E-state index contributed by atoms with van der Waals surface area (Å²) in [6.07, 6.45) is 3.67. The van der Waals surface area contributed by atoms with Crippen molar-refractivity contribution in [2.24, 2.45) is 5.92 Å². The Labute approximate surface area is 135 Å². The lowest BCUT2D eigenvalue weighted by atomic mass is 9.73. The van der Waals surface area contributed by atoms with E-state index in [9.17, 15) is 14.4 Å². The van der Waals surface area contributed by atoms with Crippen molar-refractivity contribution in [1.29, 1.82) is 0 Å². The average Bonchev–Trinajstić information content (AvgIpc) is 2.76. The predicted octanol–water partition coefficient (Wildman–Crippen LogP) is 1.06. The van der Waals surface area contributed by atoms with E-state index >= 15 is 0 Å². The Kier molecular flexibility index (Phi) is 4.34. The molecule has 2 atom stereocenters. The second kappa shape index (κ2) is 6.10. The Hall–Kier alpha value is -1.24. The highest BCUT2D eigenvalue weighted by molar-refractivity contribution is 7.99. The van der Waals surface area contributed by atoms with Gasteiger partial charge in [-0.15, -0.1) is 0 Å². The lowest BCUT2D eigenvalue weighted by Gasteiger charge is -2.37. The van der Waals surface area contributed by atoms with Crippen LogP contribution in [0.2, 0.25) is 0 Å². The predicted molar refractivity (Wildman–Crippen MR) is 84.5 cm³/mol. The van der Waals surface area contributed by atoms with Gasteiger partial charge in [0.15, 0.2) is 0 Å². The maximum Gasteiger partial charge on any atom is 0.325 e. The quantitative estimate of drug-likeness (QED) is 0.771. The summed E-state index contributed by atoms with van der Waals surface area (Å²) in [5.41, 5.74) is -0.770. The summed E-state index contributed by atoms with van der Waals surface area (Å²) < 4.78 is 0. The molecule has 0 aromatic carbocycles. The van der Waals surface area contributed by atoms with Crippen molar-refractivity contribution in [2.75, 3.05) is 31.1 Å². The number of urea groups is 1. The highest BCUT2D eigenvalue weighted by atomic mass is 32.2. The first kappa shape index (κ1) is 15.6. The van der Waals surface area contributed by atoms with Crippen LogP contribution in [-0.2, 0) is 9.59 Å². The maximum absolute atomic E-state index is 12.8. The third-order valence-corrected chi connectivity index (χ3v) is 6.10. The monoisotopic (exact) mass is 325 g/mol. The van der Waals surface area contributed by atoms with Crippen molar-refractivity contribution in [3.05, 3.63) is 0 Å². The second-order valence-electron chi connectivity index (χ2n) is 6.43. The van der Waals surface area contributed by atoms with Gasteiger partial charge < -0.3 is 10.2 Å². The van der Waals surface area contributed by atoms with E-state index in [1.54, 1.807) is 4.90 Å². The summed E-state index contributed by atoms with van der Waals surface area (Å²) in [4.78, 5) is 40.3. The van der Waals surface area contributed by atoms with Crippen molar-refractivity contribution in [2.45, 2.75) is 38.1 Å². The number of nitrogens with one attached hydrogen (secondary N) is 1. The molecule has 4 amide bonds. The SMILES string of the molecule is C[C@H]1CCCC[C@]12NC(=O)N(CC(=O)N1CCSCC1)C2=O. The first-order chi connectivity index (χ1) is 10.5. The van der Waals surface area contributed by atoms with Gasteiger partial charge in [0.2, 0.25) is 5.91 Å². The topological polar surface area (TPSA) is 69.7 Å². The number of hydrogen-bond donors (Lipinski definition) is 1.